The predicted octanol–water partition coefficient (Wildman–Crippen LogP) is 4.59. The lowest BCUT2D eigenvalue weighted by atomic mass is 10.1. The Bertz CT molecular complexity index is 1120. The summed E-state index contributed by atoms with van der Waals surface area (Å²) in [5.41, 5.74) is 7.14. The van der Waals surface area contributed by atoms with Crippen LogP contribution in [0.15, 0.2) is 24.4 Å². The lowest BCUT2D eigenvalue weighted by molar-refractivity contribution is -0.612. The zero-order valence-electron chi connectivity index (χ0n) is 18.9. The summed E-state index contributed by atoms with van der Waals surface area (Å²) >= 11 is 1.78. The molecular weight excluding hydrogens is 461 g/mol. The first-order chi connectivity index (χ1) is 15.6. The van der Waals surface area contributed by atoms with Crippen LogP contribution in [0.5, 0.6) is 5.75 Å². The molecule has 0 spiro atoms. The van der Waals surface area contributed by atoms with E-state index in [9.17, 15) is 17.3 Å². The van der Waals surface area contributed by atoms with Gasteiger partial charge in [-0.05, 0) is 44.0 Å². The van der Waals surface area contributed by atoms with Crippen LogP contribution in [0.4, 0.5) is 17.3 Å². The van der Waals surface area contributed by atoms with E-state index in [1.807, 2.05) is 6.07 Å². The number of methoxy groups -OCH3 is 1. The Morgan fingerprint density at radius 3 is 2.42 bits per heavy atom. The van der Waals surface area contributed by atoms with Gasteiger partial charge >= 0.3 is 13.2 Å². The van der Waals surface area contributed by atoms with Gasteiger partial charge in [0.25, 0.3) is 0 Å². The number of nitrogens with zero attached hydrogens (tertiary/aromatic N) is 3. The summed E-state index contributed by atoms with van der Waals surface area (Å²) in [5, 5.41) is 0. The molecule has 1 aliphatic rings. The Kier molecular flexibility index (Phi) is 8.25. The van der Waals surface area contributed by atoms with Crippen LogP contribution in [0.3, 0.4) is 0 Å². The Balaban J connectivity index is 0.000000555. The Hall–Kier alpha value is -2.31. The van der Waals surface area contributed by atoms with Gasteiger partial charge in [-0.3, -0.25) is 0 Å². The number of halogens is 4. The summed E-state index contributed by atoms with van der Waals surface area (Å²) in [6, 6.07) is 6.42. The summed E-state index contributed by atoms with van der Waals surface area (Å²) in [7, 11) is -4.33. The third kappa shape index (κ3) is 6.39. The van der Waals surface area contributed by atoms with E-state index in [1.165, 1.54) is 22.3 Å². The quantitative estimate of drug-likeness (QED) is 0.211. The molecule has 0 bridgehead atoms. The van der Waals surface area contributed by atoms with Gasteiger partial charge in [-0.2, -0.15) is 3.97 Å². The Labute approximate surface area is 194 Å². The summed E-state index contributed by atoms with van der Waals surface area (Å²) < 4.78 is 59.8. The van der Waals surface area contributed by atoms with Crippen LogP contribution in [-0.2, 0) is 15.2 Å². The lowest BCUT2D eigenvalue weighted by Gasteiger charge is -2.17. The van der Waals surface area contributed by atoms with Crippen molar-refractivity contribution in [3.05, 3.63) is 46.8 Å². The number of benzene rings is 1. The number of aryl methyl sites for hydroxylation is 2. The Morgan fingerprint density at radius 1 is 1.06 bits per heavy atom. The molecule has 33 heavy (non-hydrogen) atoms. The van der Waals surface area contributed by atoms with Gasteiger partial charge in [0, 0.05) is 30.7 Å². The van der Waals surface area contributed by atoms with E-state index in [1.54, 1.807) is 19.1 Å². The first kappa shape index (κ1) is 25.3. The number of aromatic nitrogens is 3. The highest BCUT2D eigenvalue weighted by molar-refractivity contribution is 7.97. The van der Waals surface area contributed by atoms with Crippen molar-refractivity contribution in [3.8, 4) is 11.7 Å². The van der Waals surface area contributed by atoms with Crippen LogP contribution in [0.1, 0.15) is 22.4 Å². The third-order valence-electron chi connectivity index (χ3n) is 5.14. The largest absolute Gasteiger partial charge is 0.673 e. The minimum Gasteiger partial charge on any atom is -0.491 e. The minimum atomic E-state index is -6.00. The molecule has 0 aliphatic carbocycles. The van der Waals surface area contributed by atoms with Crippen LogP contribution >= 0.6 is 11.9 Å². The van der Waals surface area contributed by atoms with E-state index < -0.39 is 7.25 Å². The first-order valence-corrected chi connectivity index (χ1v) is 11.3. The van der Waals surface area contributed by atoms with Crippen molar-refractivity contribution in [1.82, 2.24) is 8.96 Å². The fourth-order valence-corrected chi connectivity index (χ4v) is 4.50. The Morgan fingerprint density at radius 2 is 1.73 bits per heavy atom. The van der Waals surface area contributed by atoms with Crippen molar-refractivity contribution >= 4 is 30.2 Å². The van der Waals surface area contributed by atoms with E-state index in [2.05, 4.69) is 47.6 Å². The average molecular weight is 487 g/mol. The van der Waals surface area contributed by atoms with Gasteiger partial charge in [-0.1, -0.05) is 4.98 Å². The molecule has 0 unspecified atom stereocenters. The summed E-state index contributed by atoms with van der Waals surface area (Å²) in [6.07, 6.45) is 2.06. The molecule has 0 N–H and O–H groups in total. The van der Waals surface area contributed by atoms with Crippen molar-refractivity contribution in [3.63, 3.8) is 0 Å². The zero-order chi connectivity index (χ0) is 24.2. The number of hydrogen-bond acceptors (Lipinski definition) is 5. The number of rotatable bonds is 7. The lowest BCUT2D eigenvalue weighted by Crippen LogP contribution is -2.41. The van der Waals surface area contributed by atoms with Gasteiger partial charge < -0.3 is 31.5 Å². The van der Waals surface area contributed by atoms with Crippen LogP contribution in [0.25, 0.3) is 17.0 Å². The number of fused-ring (bicyclic) bond motifs is 5. The molecule has 4 rings (SSSR count). The van der Waals surface area contributed by atoms with Crippen molar-refractivity contribution < 1.29 is 36.0 Å². The van der Waals surface area contributed by atoms with Gasteiger partial charge in [-0.15, -0.1) is 0 Å². The third-order valence-corrected chi connectivity index (χ3v) is 6.16. The zero-order valence-corrected chi connectivity index (χ0v) is 19.7. The fraction of sp³-hybridized carbons (Fsp3) is 0.429. The van der Waals surface area contributed by atoms with Crippen molar-refractivity contribution in [2.45, 2.75) is 26.5 Å². The molecule has 0 radical (unpaired) electrons. The van der Waals surface area contributed by atoms with Gasteiger partial charge in [-0.25, -0.2) is 4.57 Å². The maximum Gasteiger partial charge on any atom is 0.673 e. The van der Waals surface area contributed by atoms with Gasteiger partial charge in [0.2, 0.25) is 0 Å². The maximum atomic E-state index is 9.75. The first-order valence-electron chi connectivity index (χ1n) is 10.3. The van der Waals surface area contributed by atoms with Gasteiger partial charge in [0.1, 0.15) is 18.1 Å². The van der Waals surface area contributed by atoms with Crippen LogP contribution < -0.4 is 9.30 Å². The molecule has 2 aromatic heterocycles. The molecule has 180 valence electrons. The molecule has 0 saturated heterocycles. The summed E-state index contributed by atoms with van der Waals surface area (Å²) in [4.78, 5) is 4.90. The van der Waals surface area contributed by atoms with Crippen LogP contribution in [-0.4, -0.2) is 49.7 Å². The highest BCUT2D eigenvalue weighted by Gasteiger charge is 2.31. The molecule has 3 heterocycles. The van der Waals surface area contributed by atoms with Crippen molar-refractivity contribution in [2.75, 3.05) is 33.5 Å². The summed E-state index contributed by atoms with van der Waals surface area (Å²) in [5.74, 6) is 2.72. The van der Waals surface area contributed by atoms with E-state index in [0.717, 1.165) is 28.5 Å². The second kappa shape index (κ2) is 10.7. The number of ether oxygens (including phenoxy) is 3. The van der Waals surface area contributed by atoms with Gasteiger partial charge in [0.15, 0.2) is 11.0 Å². The second-order valence-corrected chi connectivity index (χ2v) is 8.39. The number of pyridine rings is 1. The SMILES string of the molecule is COCCOCCOc1cc[n+]2c(c1C)CSn1c-2nc2cc(C)c(C)cc21.F[B-](F)(F)F. The van der Waals surface area contributed by atoms with Crippen LogP contribution in [0, 0.1) is 20.8 Å². The fourth-order valence-electron chi connectivity index (χ4n) is 3.36. The molecule has 0 saturated carbocycles. The molecule has 0 atom stereocenters. The standard InChI is InChI=1S/C21H26N3O3S.BF4/c1-14-11-17-18(12-15(14)2)24-21(22-17)23-6-5-20(16(3)19(23)13-28-24)27-10-9-26-8-7-25-4;2-1(3,4)5/h5-6,11-12H,7-10,13H2,1-4H3;/q+1;-1. The molecule has 6 nitrogen and oxygen atoms in total. The summed E-state index contributed by atoms with van der Waals surface area (Å²) in [6.45, 7) is 8.66. The van der Waals surface area contributed by atoms with E-state index in [-0.39, 0.29) is 0 Å². The smallest absolute Gasteiger partial charge is 0.491 e. The molecule has 3 aromatic rings. The molecule has 1 aliphatic heterocycles. The molecule has 1 aromatic carbocycles. The van der Waals surface area contributed by atoms with Gasteiger partial charge in [0.05, 0.1) is 31.8 Å². The molecule has 0 fully saturated rings. The monoisotopic (exact) mass is 487 g/mol. The van der Waals surface area contributed by atoms with Crippen LogP contribution in [0.2, 0.25) is 0 Å². The molecule has 0 amide bonds. The van der Waals surface area contributed by atoms with Crippen molar-refractivity contribution in [2.24, 2.45) is 0 Å². The normalized spacial score (nSPS) is 12.7. The highest BCUT2D eigenvalue weighted by Crippen LogP contribution is 2.32. The predicted molar refractivity (Wildman–Crippen MR) is 121 cm³/mol. The van der Waals surface area contributed by atoms with Crippen molar-refractivity contribution in [1.29, 1.82) is 0 Å². The average Bonchev–Trinajstić information content (AvgIpc) is 3.09. The highest BCUT2D eigenvalue weighted by atomic mass is 32.2. The minimum absolute atomic E-state index is 0.526. The molecular formula is C21H26BF4N3O3S. The number of imidazole rings is 1. The maximum absolute atomic E-state index is 9.75. The van der Waals surface area contributed by atoms with E-state index >= 15 is 0 Å². The topological polar surface area (TPSA) is 49.4 Å². The van der Waals surface area contributed by atoms with E-state index in [0.29, 0.717) is 26.4 Å². The van der Waals surface area contributed by atoms with E-state index in [4.69, 9.17) is 19.2 Å². The molecule has 12 heteroatoms. The number of hydrogen-bond donors (Lipinski definition) is 0. The second-order valence-electron chi connectivity index (χ2n) is 7.47.